The Kier molecular flexibility index (Phi) is 4.63. The molecule has 0 aromatic carbocycles. The molecule has 0 aliphatic heterocycles. The van der Waals surface area contributed by atoms with Crippen LogP contribution in [-0.2, 0) is 4.74 Å². The smallest absolute Gasteiger partial charge is 0.332 e. The summed E-state index contributed by atoms with van der Waals surface area (Å²) >= 11 is 3.11. The summed E-state index contributed by atoms with van der Waals surface area (Å²) in [5.74, 6) is -0.00208. The monoisotopic (exact) mass is 290 g/mol. The van der Waals surface area contributed by atoms with Gasteiger partial charge in [-0.2, -0.15) is 0 Å². The van der Waals surface area contributed by atoms with Crippen molar-refractivity contribution in [2.45, 2.75) is 13.0 Å². The SMILES string of the molecule is COCC(C)Oc1ncc(Br)cc1[N+](=O)[O-]. The Morgan fingerprint density at radius 1 is 1.69 bits per heavy atom. The third-order valence-corrected chi connectivity index (χ3v) is 2.14. The second kappa shape index (κ2) is 5.76. The highest BCUT2D eigenvalue weighted by atomic mass is 79.9. The van der Waals surface area contributed by atoms with Crippen LogP contribution in [0.25, 0.3) is 0 Å². The first-order valence-electron chi connectivity index (χ1n) is 4.50. The van der Waals surface area contributed by atoms with E-state index >= 15 is 0 Å². The molecule has 1 heterocycles. The number of hydrogen-bond donors (Lipinski definition) is 0. The van der Waals surface area contributed by atoms with E-state index in [9.17, 15) is 10.1 Å². The van der Waals surface area contributed by atoms with Crippen LogP contribution in [0.2, 0.25) is 0 Å². The lowest BCUT2D eigenvalue weighted by molar-refractivity contribution is -0.386. The van der Waals surface area contributed by atoms with Gasteiger partial charge in [-0.25, -0.2) is 4.98 Å². The molecule has 0 bridgehead atoms. The summed E-state index contributed by atoms with van der Waals surface area (Å²) in [4.78, 5) is 14.1. The normalized spacial score (nSPS) is 12.2. The van der Waals surface area contributed by atoms with Crippen LogP contribution in [0.1, 0.15) is 6.92 Å². The van der Waals surface area contributed by atoms with E-state index in [0.717, 1.165) is 0 Å². The van der Waals surface area contributed by atoms with Gasteiger partial charge in [0.05, 0.1) is 11.5 Å². The molecular formula is C9H11BrN2O4. The number of aromatic nitrogens is 1. The molecule has 0 saturated heterocycles. The number of pyridine rings is 1. The number of methoxy groups -OCH3 is 1. The number of halogens is 1. The summed E-state index contributed by atoms with van der Waals surface area (Å²) in [5, 5.41) is 10.7. The van der Waals surface area contributed by atoms with Gasteiger partial charge in [0.15, 0.2) is 0 Å². The van der Waals surface area contributed by atoms with Crippen LogP contribution in [0, 0.1) is 10.1 Å². The van der Waals surface area contributed by atoms with Gasteiger partial charge in [0.2, 0.25) is 0 Å². The Bertz CT molecular complexity index is 386. The molecule has 88 valence electrons. The lowest BCUT2D eigenvalue weighted by atomic mass is 10.4. The Morgan fingerprint density at radius 2 is 2.38 bits per heavy atom. The molecule has 1 atom stereocenters. The van der Waals surface area contributed by atoms with Gasteiger partial charge in [-0.15, -0.1) is 0 Å². The molecule has 0 aliphatic carbocycles. The molecule has 1 aromatic rings. The predicted octanol–water partition coefficient (Wildman–Crippen LogP) is 2.17. The third kappa shape index (κ3) is 3.42. The first kappa shape index (κ1) is 12.9. The molecular weight excluding hydrogens is 280 g/mol. The van der Waals surface area contributed by atoms with Crippen molar-refractivity contribution in [2.24, 2.45) is 0 Å². The second-order valence-corrected chi connectivity index (χ2v) is 4.03. The molecule has 1 unspecified atom stereocenters. The van der Waals surface area contributed by atoms with Crippen LogP contribution in [0.3, 0.4) is 0 Å². The minimum absolute atomic E-state index is 0.00208. The van der Waals surface area contributed by atoms with E-state index in [4.69, 9.17) is 9.47 Å². The Labute approximate surface area is 101 Å². The van der Waals surface area contributed by atoms with Gasteiger partial charge in [0.1, 0.15) is 6.10 Å². The van der Waals surface area contributed by atoms with E-state index in [1.165, 1.54) is 19.4 Å². The van der Waals surface area contributed by atoms with Crippen LogP contribution in [0.5, 0.6) is 5.88 Å². The average molecular weight is 291 g/mol. The summed E-state index contributed by atoms with van der Waals surface area (Å²) in [5.41, 5.74) is -0.169. The van der Waals surface area contributed by atoms with Gasteiger partial charge in [0.25, 0.3) is 5.88 Å². The maximum Gasteiger partial charge on any atom is 0.332 e. The number of nitrogens with zero attached hydrogens (tertiary/aromatic N) is 2. The van der Waals surface area contributed by atoms with E-state index < -0.39 is 4.92 Å². The van der Waals surface area contributed by atoms with E-state index in [2.05, 4.69) is 20.9 Å². The van der Waals surface area contributed by atoms with Gasteiger partial charge in [0, 0.05) is 23.8 Å². The summed E-state index contributed by atoms with van der Waals surface area (Å²) < 4.78 is 10.7. The van der Waals surface area contributed by atoms with Crippen LogP contribution >= 0.6 is 15.9 Å². The summed E-state index contributed by atoms with van der Waals surface area (Å²) in [6.07, 6.45) is 1.15. The van der Waals surface area contributed by atoms with Crippen LogP contribution in [0.4, 0.5) is 5.69 Å². The van der Waals surface area contributed by atoms with Gasteiger partial charge >= 0.3 is 5.69 Å². The molecule has 16 heavy (non-hydrogen) atoms. The average Bonchev–Trinajstić information content (AvgIpc) is 2.20. The third-order valence-electron chi connectivity index (χ3n) is 1.71. The molecule has 0 fully saturated rings. The first-order chi connectivity index (χ1) is 7.54. The van der Waals surface area contributed by atoms with Crippen molar-refractivity contribution >= 4 is 21.6 Å². The highest BCUT2D eigenvalue weighted by molar-refractivity contribution is 9.10. The molecule has 0 spiro atoms. The highest BCUT2D eigenvalue weighted by Gasteiger charge is 2.19. The van der Waals surface area contributed by atoms with Gasteiger partial charge < -0.3 is 9.47 Å². The van der Waals surface area contributed by atoms with Crippen LogP contribution in [-0.4, -0.2) is 29.7 Å². The molecule has 0 amide bonds. The zero-order chi connectivity index (χ0) is 12.1. The van der Waals surface area contributed by atoms with Crippen LogP contribution in [0.15, 0.2) is 16.7 Å². The zero-order valence-corrected chi connectivity index (χ0v) is 10.4. The Balaban J connectivity index is 2.90. The summed E-state index contributed by atoms with van der Waals surface area (Å²) in [6, 6.07) is 1.35. The van der Waals surface area contributed by atoms with Gasteiger partial charge in [-0.05, 0) is 22.9 Å². The molecule has 1 aromatic heterocycles. The zero-order valence-electron chi connectivity index (χ0n) is 8.84. The fourth-order valence-corrected chi connectivity index (χ4v) is 1.42. The fraction of sp³-hybridized carbons (Fsp3) is 0.444. The Morgan fingerprint density at radius 3 is 2.94 bits per heavy atom. The maximum absolute atomic E-state index is 10.7. The lowest BCUT2D eigenvalue weighted by Crippen LogP contribution is -2.19. The molecule has 1 rings (SSSR count). The van der Waals surface area contributed by atoms with Crippen molar-refractivity contribution in [1.29, 1.82) is 0 Å². The number of nitro groups is 1. The molecule has 0 aliphatic rings. The summed E-state index contributed by atoms with van der Waals surface area (Å²) in [6.45, 7) is 2.09. The van der Waals surface area contributed by atoms with Crippen molar-refractivity contribution in [2.75, 3.05) is 13.7 Å². The number of hydrogen-bond acceptors (Lipinski definition) is 5. The lowest BCUT2D eigenvalue weighted by Gasteiger charge is -2.12. The van der Waals surface area contributed by atoms with E-state index in [-0.39, 0.29) is 17.7 Å². The van der Waals surface area contributed by atoms with E-state index in [0.29, 0.717) is 11.1 Å². The fourth-order valence-electron chi connectivity index (χ4n) is 1.10. The van der Waals surface area contributed by atoms with Crippen molar-refractivity contribution in [1.82, 2.24) is 4.98 Å². The first-order valence-corrected chi connectivity index (χ1v) is 5.29. The Hall–Kier alpha value is -1.21. The summed E-state index contributed by atoms with van der Waals surface area (Å²) in [7, 11) is 1.53. The maximum atomic E-state index is 10.7. The van der Waals surface area contributed by atoms with Crippen molar-refractivity contribution in [3.63, 3.8) is 0 Å². The van der Waals surface area contributed by atoms with Crippen molar-refractivity contribution < 1.29 is 14.4 Å². The largest absolute Gasteiger partial charge is 0.467 e. The quantitative estimate of drug-likeness (QED) is 0.614. The molecule has 6 nitrogen and oxygen atoms in total. The molecule has 0 N–H and O–H groups in total. The number of rotatable bonds is 5. The molecule has 0 radical (unpaired) electrons. The number of ether oxygens (including phenoxy) is 2. The molecule has 0 saturated carbocycles. The van der Waals surface area contributed by atoms with Gasteiger partial charge in [-0.3, -0.25) is 10.1 Å². The second-order valence-electron chi connectivity index (χ2n) is 3.12. The predicted molar refractivity (Wildman–Crippen MR) is 60.6 cm³/mol. The van der Waals surface area contributed by atoms with Crippen molar-refractivity contribution in [3.8, 4) is 5.88 Å². The minimum atomic E-state index is -0.535. The van der Waals surface area contributed by atoms with Gasteiger partial charge in [-0.1, -0.05) is 0 Å². The highest BCUT2D eigenvalue weighted by Crippen LogP contribution is 2.27. The standard InChI is InChI=1S/C9H11BrN2O4/c1-6(5-15-2)16-9-8(12(13)14)3-7(10)4-11-9/h3-4,6H,5H2,1-2H3. The molecule has 7 heteroatoms. The van der Waals surface area contributed by atoms with E-state index in [1.807, 2.05) is 0 Å². The van der Waals surface area contributed by atoms with Crippen molar-refractivity contribution in [3.05, 3.63) is 26.9 Å². The van der Waals surface area contributed by atoms with E-state index in [1.54, 1.807) is 6.92 Å². The topological polar surface area (TPSA) is 74.5 Å². The minimum Gasteiger partial charge on any atom is -0.467 e. The van der Waals surface area contributed by atoms with Crippen LogP contribution < -0.4 is 4.74 Å².